The Morgan fingerprint density at radius 3 is 2.58 bits per heavy atom. The fraction of sp³-hybridized carbons (Fsp3) is 0.462. The summed E-state index contributed by atoms with van der Waals surface area (Å²) in [5.41, 5.74) is -0.585. The quantitative estimate of drug-likeness (QED) is 0.780. The summed E-state index contributed by atoms with van der Waals surface area (Å²) in [6.45, 7) is 1.82. The molecule has 0 aliphatic carbocycles. The van der Waals surface area contributed by atoms with Crippen molar-refractivity contribution in [1.29, 1.82) is 0 Å². The maximum atomic E-state index is 11.8. The molecular formula is C13H16Cl3NO2. The predicted molar refractivity (Wildman–Crippen MR) is 79.6 cm³/mol. The standard InChI is InChI=1S/C13H16Cl3NO2/c1-2-13(8-14,9-15)17-12(18)7-19-11-5-3-4-10(16)6-11/h3-6H,2,7-9H2,1H3,(H,17,18). The van der Waals surface area contributed by atoms with E-state index in [1.165, 1.54) is 0 Å². The third kappa shape index (κ3) is 5.09. The van der Waals surface area contributed by atoms with E-state index in [9.17, 15) is 4.79 Å². The van der Waals surface area contributed by atoms with E-state index in [0.29, 0.717) is 17.2 Å². The summed E-state index contributed by atoms with van der Waals surface area (Å²) >= 11 is 17.5. The summed E-state index contributed by atoms with van der Waals surface area (Å²) in [6.07, 6.45) is 0.656. The van der Waals surface area contributed by atoms with Gasteiger partial charge < -0.3 is 10.1 Å². The summed E-state index contributed by atoms with van der Waals surface area (Å²) in [5.74, 6) is 0.802. The third-order valence-corrected chi connectivity index (χ3v) is 4.02. The molecule has 0 fully saturated rings. The number of hydrogen-bond acceptors (Lipinski definition) is 2. The van der Waals surface area contributed by atoms with Gasteiger partial charge in [0.15, 0.2) is 6.61 Å². The highest BCUT2D eigenvalue weighted by Crippen LogP contribution is 2.17. The molecule has 0 heterocycles. The van der Waals surface area contributed by atoms with Crippen LogP contribution in [0.5, 0.6) is 5.75 Å². The maximum absolute atomic E-state index is 11.8. The lowest BCUT2D eigenvalue weighted by Crippen LogP contribution is -2.52. The number of carbonyl (C=O) groups is 1. The van der Waals surface area contributed by atoms with Crippen molar-refractivity contribution in [3.63, 3.8) is 0 Å². The van der Waals surface area contributed by atoms with Crippen molar-refractivity contribution in [3.8, 4) is 5.75 Å². The first kappa shape index (κ1) is 16.4. The molecule has 3 nitrogen and oxygen atoms in total. The summed E-state index contributed by atoms with van der Waals surface area (Å²) < 4.78 is 5.35. The Bertz CT molecular complexity index is 414. The van der Waals surface area contributed by atoms with Crippen molar-refractivity contribution in [3.05, 3.63) is 29.3 Å². The van der Waals surface area contributed by atoms with Crippen molar-refractivity contribution in [2.24, 2.45) is 0 Å². The number of hydrogen-bond donors (Lipinski definition) is 1. The smallest absolute Gasteiger partial charge is 0.258 e. The minimum Gasteiger partial charge on any atom is -0.484 e. The molecule has 0 bridgehead atoms. The second-order valence-corrected chi connectivity index (χ2v) is 5.17. The molecule has 0 aliphatic rings. The number of benzene rings is 1. The molecule has 0 saturated heterocycles. The number of ether oxygens (including phenoxy) is 1. The lowest BCUT2D eigenvalue weighted by atomic mass is 10.0. The van der Waals surface area contributed by atoms with Crippen molar-refractivity contribution in [1.82, 2.24) is 5.32 Å². The molecule has 0 aliphatic heterocycles. The molecule has 0 atom stereocenters. The van der Waals surface area contributed by atoms with Crippen LogP contribution in [0.4, 0.5) is 0 Å². The zero-order valence-electron chi connectivity index (χ0n) is 10.6. The fourth-order valence-electron chi connectivity index (χ4n) is 1.42. The van der Waals surface area contributed by atoms with Crippen molar-refractivity contribution in [2.45, 2.75) is 18.9 Å². The highest BCUT2D eigenvalue weighted by Gasteiger charge is 2.28. The molecule has 0 saturated carbocycles. The van der Waals surface area contributed by atoms with Crippen LogP contribution >= 0.6 is 34.8 Å². The van der Waals surface area contributed by atoms with Gasteiger partial charge in [0.1, 0.15) is 5.75 Å². The molecule has 1 amide bonds. The zero-order chi connectivity index (χ0) is 14.3. The first-order chi connectivity index (χ1) is 9.05. The zero-order valence-corrected chi connectivity index (χ0v) is 12.9. The minimum atomic E-state index is -0.585. The van der Waals surface area contributed by atoms with Crippen LogP contribution in [-0.2, 0) is 4.79 Å². The van der Waals surface area contributed by atoms with Gasteiger partial charge in [0, 0.05) is 16.8 Å². The molecular weight excluding hydrogens is 309 g/mol. The van der Waals surface area contributed by atoms with E-state index in [1.807, 2.05) is 6.92 Å². The van der Waals surface area contributed by atoms with Crippen LogP contribution in [0, 0.1) is 0 Å². The maximum Gasteiger partial charge on any atom is 0.258 e. The minimum absolute atomic E-state index is 0.101. The molecule has 0 aromatic heterocycles. The number of nitrogens with one attached hydrogen (secondary N) is 1. The van der Waals surface area contributed by atoms with Crippen molar-refractivity contribution < 1.29 is 9.53 Å². The highest BCUT2D eigenvalue weighted by atomic mass is 35.5. The van der Waals surface area contributed by atoms with Crippen LogP contribution in [0.15, 0.2) is 24.3 Å². The van der Waals surface area contributed by atoms with Crippen LogP contribution in [0.3, 0.4) is 0 Å². The SMILES string of the molecule is CCC(CCl)(CCl)NC(=O)COc1cccc(Cl)c1. The summed E-state index contributed by atoms with van der Waals surface area (Å²) in [5, 5.41) is 3.36. The van der Waals surface area contributed by atoms with Gasteiger partial charge in [0.2, 0.25) is 0 Å². The lowest BCUT2D eigenvalue weighted by molar-refractivity contribution is -0.124. The summed E-state index contributed by atoms with van der Waals surface area (Å²) in [4.78, 5) is 11.8. The molecule has 0 radical (unpaired) electrons. The number of alkyl halides is 2. The summed E-state index contributed by atoms with van der Waals surface area (Å²) in [7, 11) is 0. The topological polar surface area (TPSA) is 38.3 Å². The first-order valence-corrected chi connectivity index (χ1v) is 7.31. The molecule has 1 N–H and O–H groups in total. The molecule has 6 heteroatoms. The predicted octanol–water partition coefficient (Wildman–Crippen LogP) is 3.46. The van der Waals surface area contributed by atoms with Gasteiger partial charge in [-0.2, -0.15) is 0 Å². The van der Waals surface area contributed by atoms with Gasteiger partial charge in [-0.1, -0.05) is 24.6 Å². The van der Waals surface area contributed by atoms with E-state index < -0.39 is 5.54 Å². The number of rotatable bonds is 7. The molecule has 1 aromatic carbocycles. The Kier molecular flexibility index (Phi) is 6.76. The number of carbonyl (C=O) groups excluding carboxylic acids is 1. The fourth-order valence-corrected chi connectivity index (χ4v) is 2.39. The van der Waals surface area contributed by atoms with Gasteiger partial charge in [-0.25, -0.2) is 0 Å². The van der Waals surface area contributed by atoms with E-state index in [4.69, 9.17) is 39.5 Å². The average molecular weight is 325 g/mol. The van der Waals surface area contributed by atoms with E-state index >= 15 is 0 Å². The van der Waals surface area contributed by atoms with Gasteiger partial charge in [0.25, 0.3) is 5.91 Å². The van der Waals surface area contributed by atoms with E-state index in [0.717, 1.165) is 0 Å². The first-order valence-electron chi connectivity index (χ1n) is 5.86. The van der Waals surface area contributed by atoms with Gasteiger partial charge in [0.05, 0.1) is 5.54 Å². The van der Waals surface area contributed by atoms with Crippen molar-refractivity contribution in [2.75, 3.05) is 18.4 Å². The monoisotopic (exact) mass is 323 g/mol. The largest absolute Gasteiger partial charge is 0.484 e. The second-order valence-electron chi connectivity index (χ2n) is 4.20. The lowest BCUT2D eigenvalue weighted by Gasteiger charge is -2.29. The molecule has 0 unspecified atom stereocenters. The molecule has 106 valence electrons. The van der Waals surface area contributed by atoms with E-state index in [2.05, 4.69) is 5.32 Å². The van der Waals surface area contributed by atoms with Gasteiger partial charge in [-0.05, 0) is 24.6 Å². The number of halogens is 3. The van der Waals surface area contributed by atoms with Crippen LogP contribution < -0.4 is 10.1 Å². The summed E-state index contributed by atoms with van der Waals surface area (Å²) in [6, 6.07) is 6.86. The molecule has 1 rings (SSSR count). The normalized spacial score (nSPS) is 11.2. The molecule has 0 spiro atoms. The van der Waals surface area contributed by atoms with E-state index in [1.54, 1.807) is 24.3 Å². The average Bonchev–Trinajstić information content (AvgIpc) is 2.43. The van der Waals surface area contributed by atoms with E-state index in [-0.39, 0.29) is 24.3 Å². The Labute approximate surface area is 128 Å². The van der Waals surface area contributed by atoms with Crippen molar-refractivity contribution >= 4 is 40.7 Å². The Morgan fingerprint density at radius 1 is 1.37 bits per heavy atom. The van der Waals surface area contributed by atoms with Crippen LogP contribution in [0.1, 0.15) is 13.3 Å². The molecule has 1 aromatic rings. The number of amides is 1. The van der Waals surface area contributed by atoms with Crippen LogP contribution in [-0.4, -0.2) is 29.8 Å². The Morgan fingerprint density at radius 2 is 2.05 bits per heavy atom. The third-order valence-electron chi connectivity index (χ3n) is 2.76. The molecule has 19 heavy (non-hydrogen) atoms. The van der Waals surface area contributed by atoms with Gasteiger partial charge >= 0.3 is 0 Å². The highest BCUT2D eigenvalue weighted by molar-refractivity contribution is 6.30. The Balaban J connectivity index is 2.52. The second kappa shape index (κ2) is 7.83. The Hall–Kier alpha value is -0.640. The van der Waals surface area contributed by atoms with Crippen LogP contribution in [0.25, 0.3) is 0 Å². The van der Waals surface area contributed by atoms with Gasteiger partial charge in [-0.15, -0.1) is 23.2 Å². The van der Waals surface area contributed by atoms with Crippen LogP contribution in [0.2, 0.25) is 5.02 Å². The van der Waals surface area contributed by atoms with Gasteiger partial charge in [-0.3, -0.25) is 4.79 Å².